The number of aromatic hydroxyl groups is 1. The van der Waals surface area contributed by atoms with Crippen LogP contribution in [0.1, 0.15) is 16.2 Å². The molecule has 2 aromatic heterocycles. The summed E-state index contributed by atoms with van der Waals surface area (Å²) in [5, 5.41) is 15.8. The van der Waals surface area contributed by atoms with Crippen LogP contribution in [0.25, 0.3) is 16.9 Å². The molecule has 0 unspecified atom stereocenters. The summed E-state index contributed by atoms with van der Waals surface area (Å²) in [4.78, 5) is 16.9. The quantitative estimate of drug-likeness (QED) is 0.290. The Morgan fingerprint density at radius 1 is 1.09 bits per heavy atom. The highest BCUT2D eigenvalue weighted by atomic mass is 79.9. The van der Waals surface area contributed by atoms with Crippen LogP contribution in [-0.4, -0.2) is 25.6 Å². The number of halogens is 6. The molecule has 2 heterocycles. The number of nitrogens with zero attached hydrogens (tertiary/aromatic N) is 3. The monoisotopic (exact) mass is 544 g/mol. The zero-order chi connectivity index (χ0) is 23.2. The fourth-order valence-corrected chi connectivity index (χ4v) is 3.58. The summed E-state index contributed by atoms with van der Waals surface area (Å²) in [7, 11) is 0. The van der Waals surface area contributed by atoms with Crippen LogP contribution in [0.4, 0.5) is 18.9 Å². The number of fused-ring (bicyclic) bond motifs is 1. The lowest BCUT2D eigenvalue weighted by Gasteiger charge is -2.11. The normalized spacial score (nSPS) is 11.7. The molecule has 1 amide bonds. The summed E-state index contributed by atoms with van der Waals surface area (Å²) >= 11 is 15.3. The molecule has 0 aliphatic rings. The molecule has 0 saturated heterocycles. The van der Waals surface area contributed by atoms with Crippen LogP contribution in [-0.2, 0) is 6.18 Å². The molecular weight excluding hydrogens is 536 g/mol. The summed E-state index contributed by atoms with van der Waals surface area (Å²) in [6, 6.07) is 11.2. The van der Waals surface area contributed by atoms with E-state index in [-0.39, 0.29) is 32.8 Å². The maximum Gasteiger partial charge on any atom is 0.433 e. The van der Waals surface area contributed by atoms with Crippen molar-refractivity contribution in [1.82, 2.24) is 14.6 Å². The second-order valence-corrected chi connectivity index (χ2v) is 8.27. The van der Waals surface area contributed by atoms with Gasteiger partial charge in [0.1, 0.15) is 10.8 Å². The Hall–Kier alpha value is -2.82. The van der Waals surface area contributed by atoms with Crippen LogP contribution in [0.2, 0.25) is 10.0 Å². The van der Waals surface area contributed by atoms with Gasteiger partial charge in [-0.2, -0.15) is 18.3 Å². The molecule has 32 heavy (non-hydrogen) atoms. The van der Waals surface area contributed by atoms with Crippen molar-refractivity contribution in [3.8, 4) is 17.0 Å². The molecule has 0 aliphatic carbocycles. The first kappa shape index (κ1) is 22.4. The highest BCUT2D eigenvalue weighted by Crippen LogP contribution is 2.35. The van der Waals surface area contributed by atoms with Crippen molar-refractivity contribution in [2.75, 3.05) is 5.32 Å². The SMILES string of the molecule is O=C(Nc1cc(Cl)ccc1O)c1nn2c(C(F)(F)F)cc(-c3ccc(Br)cc3)nc2c1Cl. The number of alkyl halides is 3. The largest absolute Gasteiger partial charge is 0.506 e. The minimum absolute atomic E-state index is 0.00133. The molecule has 0 radical (unpaired) electrons. The van der Waals surface area contributed by atoms with Crippen LogP contribution in [0, 0.1) is 0 Å². The van der Waals surface area contributed by atoms with Gasteiger partial charge in [-0.1, -0.05) is 51.3 Å². The van der Waals surface area contributed by atoms with Gasteiger partial charge in [-0.25, -0.2) is 9.50 Å². The van der Waals surface area contributed by atoms with Crippen molar-refractivity contribution in [3.63, 3.8) is 0 Å². The van der Waals surface area contributed by atoms with Gasteiger partial charge in [-0.15, -0.1) is 0 Å². The average molecular weight is 546 g/mol. The van der Waals surface area contributed by atoms with Gasteiger partial charge in [0, 0.05) is 15.1 Å². The number of aromatic nitrogens is 3. The third kappa shape index (κ3) is 4.25. The zero-order valence-electron chi connectivity index (χ0n) is 15.6. The Morgan fingerprint density at radius 2 is 1.78 bits per heavy atom. The summed E-state index contributed by atoms with van der Waals surface area (Å²) in [6.07, 6.45) is -4.81. The number of hydrogen-bond acceptors (Lipinski definition) is 4. The Kier molecular flexibility index (Phi) is 5.78. The van der Waals surface area contributed by atoms with Crippen LogP contribution in [0.15, 0.2) is 53.0 Å². The van der Waals surface area contributed by atoms with E-state index in [1.54, 1.807) is 24.3 Å². The van der Waals surface area contributed by atoms with Gasteiger partial charge in [-0.05, 0) is 36.4 Å². The van der Waals surface area contributed by atoms with E-state index in [9.17, 15) is 23.1 Å². The Morgan fingerprint density at radius 3 is 2.44 bits per heavy atom. The number of nitrogens with one attached hydrogen (secondary N) is 1. The smallest absolute Gasteiger partial charge is 0.433 e. The third-order valence-electron chi connectivity index (χ3n) is 4.39. The van der Waals surface area contributed by atoms with E-state index in [0.717, 1.165) is 10.5 Å². The Balaban J connectivity index is 1.85. The summed E-state index contributed by atoms with van der Waals surface area (Å²) in [6.45, 7) is 0. The maximum absolute atomic E-state index is 13.8. The summed E-state index contributed by atoms with van der Waals surface area (Å²) in [5.41, 5.74) is -1.66. The zero-order valence-corrected chi connectivity index (χ0v) is 18.7. The highest BCUT2D eigenvalue weighted by molar-refractivity contribution is 9.10. The standard InChI is InChI=1S/C20H10BrCl2F3N4O2/c21-10-3-1-9(2-4-10)12-8-15(20(24,25)26)30-18(27-12)16(23)17(29-30)19(32)28-13-7-11(22)5-6-14(13)31/h1-8,31H,(H,28,32). The topological polar surface area (TPSA) is 79.5 Å². The number of anilines is 1. The number of phenolic OH excluding ortho intramolecular Hbond substituents is 1. The van der Waals surface area contributed by atoms with Gasteiger partial charge in [0.15, 0.2) is 17.0 Å². The molecule has 0 aliphatic heterocycles. The average Bonchev–Trinajstić information content (AvgIpc) is 3.06. The fraction of sp³-hybridized carbons (Fsp3) is 0.0500. The predicted molar refractivity (Wildman–Crippen MR) is 117 cm³/mol. The fourth-order valence-electron chi connectivity index (χ4n) is 2.90. The van der Waals surface area contributed by atoms with E-state index in [2.05, 4.69) is 31.3 Å². The highest BCUT2D eigenvalue weighted by Gasteiger charge is 2.36. The first-order valence-electron chi connectivity index (χ1n) is 8.77. The minimum Gasteiger partial charge on any atom is -0.506 e. The molecular formula is C20H10BrCl2F3N4O2. The van der Waals surface area contributed by atoms with Crippen molar-refractivity contribution in [2.24, 2.45) is 0 Å². The van der Waals surface area contributed by atoms with E-state index in [1.165, 1.54) is 18.2 Å². The molecule has 2 aromatic carbocycles. The number of carbonyl (C=O) groups excluding carboxylic acids is 1. The molecule has 0 bridgehead atoms. The number of carbonyl (C=O) groups is 1. The first-order chi connectivity index (χ1) is 15.0. The van der Waals surface area contributed by atoms with Gasteiger partial charge in [0.25, 0.3) is 5.91 Å². The van der Waals surface area contributed by atoms with E-state index < -0.39 is 23.5 Å². The number of phenols is 1. The van der Waals surface area contributed by atoms with Crippen LogP contribution in [0.5, 0.6) is 5.75 Å². The van der Waals surface area contributed by atoms with Crippen LogP contribution in [0.3, 0.4) is 0 Å². The van der Waals surface area contributed by atoms with Gasteiger partial charge in [0.2, 0.25) is 0 Å². The molecule has 0 spiro atoms. The Labute approximate surface area is 196 Å². The molecule has 164 valence electrons. The summed E-state index contributed by atoms with van der Waals surface area (Å²) in [5.74, 6) is -1.24. The molecule has 2 N–H and O–H groups in total. The van der Waals surface area contributed by atoms with Gasteiger partial charge in [0.05, 0.1) is 11.4 Å². The van der Waals surface area contributed by atoms with Gasteiger partial charge in [-0.3, -0.25) is 4.79 Å². The van der Waals surface area contributed by atoms with E-state index in [1.807, 2.05) is 0 Å². The van der Waals surface area contributed by atoms with E-state index in [4.69, 9.17) is 23.2 Å². The molecule has 0 fully saturated rings. The second-order valence-electron chi connectivity index (χ2n) is 6.54. The first-order valence-corrected chi connectivity index (χ1v) is 10.3. The molecule has 4 rings (SSSR count). The van der Waals surface area contributed by atoms with E-state index in [0.29, 0.717) is 10.1 Å². The van der Waals surface area contributed by atoms with Crippen molar-refractivity contribution in [2.45, 2.75) is 6.18 Å². The summed E-state index contributed by atoms with van der Waals surface area (Å²) < 4.78 is 42.5. The van der Waals surface area contributed by atoms with Crippen molar-refractivity contribution < 1.29 is 23.1 Å². The lowest BCUT2D eigenvalue weighted by Crippen LogP contribution is -2.16. The van der Waals surface area contributed by atoms with Crippen LogP contribution >= 0.6 is 39.1 Å². The number of rotatable bonds is 3. The Bertz CT molecular complexity index is 1360. The number of amides is 1. The number of hydrogen-bond donors (Lipinski definition) is 2. The minimum atomic E-state index is -4.81. The second kappa shape index (κ2) is 8.27. The van der Waals surface area contributed by atoms with Gasteiger partial charge >= 0.3 is 6.18 Å². The van der Waals surface area contributed by atoms with Crippen molar-refractivity contribution in [1.29, 1.82) is 0 Å². The predicted octanol–water partition coefficient (Wildman–Crippen LogP) is 6.44. The van der Waals surface area contributed by atoms with Gasteiger partial charge < -0.3 is 10.4 Å². The van der Waals surface area contributed by atoms with Crippen LogP contribution < -0.4 is 5.32 Å². The lowest BCUT2D eigenvalue weighted by molar-refractivity contribution is -0.142. The molecule has 6 nitrogen and oxygen atoms in total. The van der Waals surface area contributed by atoms with Crippen molar-refractivity contribution >= 4 is 56.4 Å². The molecule has 0 saturated carbocycles. The lowest BCUT2D eigenvalue weighted by atomic mass is 10.1. The third-order valence-corrected chi connectivity index (χ3v) is 5.50. The number of benzene rings is 2. The maximum atomic E-state index is 13.8. The molecule has 12 heteroatoms. The van der Waals surface area contributed by atoms with E-state index >= 15 is 0 Å². The van der Waals surface area contributed by atoms with Crippen molar-refractivity contribution in [3.05, 3.63) is 74.4 Å². The molecule has 0 atom stereocenters. The molecule has 4 aromatic rings.